The van der Waals surface area contributed by atoms with Crippen LogP contribution in [0, 0.1) is 17.6 Å². The van der Waals surface area contributed by atoms with Crippen molar-refractivity contribution in [3.63, 3.8) is 0 Å². The minimum atomic E-state index is -0.532. The number of benzene rings is 1. The Kier molecular flexibility index (Phi) is 4.80. The zero-order valence-corrected chi connectivity index (χ0v) is 11.9. The van der Waals surface area contributed by atoms with Gasteiger partial charge < -0.3 is 5.32 Å². The molecule has 2 rings (SSSR count). The Morgan fingerprint density at radius 2 is 2.00 bits per heavy atom. The van der Waals surface area contributed by atoms with Crippen molar-refractivity contribution < 1.29 is 8.78 Å². The Labute approximate surface area is 116 Å². The molecule has 0 bridgehead atoms. The van der Waals surface area contributed by atoms with Crippen LogP contribution in [0.25, 0.3) is 0 Å². The standard InChI is InChI=1S/C14H18F2N2S/c1-9(2)13-8-19-14(18-13)17-4-3-10-5-11(15)7-12(16)6-10/h5-7,9,13H,3-4,8H2,1-2H3,(H,17,18). The van der Waals surface area contributed by atoms with Gasteiger partial charge in [-0.3, -0.25) is 4.99 Å². The van der Waals surface area contributed by atoms with Gasteiger partial charge >= 0.3 is 0 Å². The highest BCUT2D eigenvalue weighted by molar-refractivity contribution is 8.14. The third kappa shape index (κ3) is 4.20. The minimum absolute atomic E-state index is 0.468. The molecule has 1 unspecified atom stereocenters. The van der Waals surface area contributed by atoms with Crippen molar-refractivity contribution in [2.45, 2.75) is 26.3 Å². The van der Waals surface area contributed by atoms with Gasteiger partial charge in [-0.25, -0.2) is 8.78 Å². The summed E-state index contributed by atoms with van der Waals surface area (Å²) in [7, 11) is 0. The van der Waals surface area contributed by atoms with Crippen LogP contribution in [-0.2, 0) is 6.42 Å². The molecule has 19 heavy (non-hydrogen) atoms. The maximum Gasteiger partial charge on any atom is 0.156 e. The van der Waals surface area contributed by atoms with Gasteiger partial charge in [-0.2, -0.15) is 0 Å². The van der Waals surface area contributed by atoms with Crippen LogP contribution in [0.5, 0.6) is 0 Å². The summed E-state index contributed by atoms with van der Waals surface area (Å²) in [5.41, 5.74) is 0.644. The molecule has 1 aromatic rings. The molecule has 0 spiro atoms. The van der Waals surface area contributed by atoms with Crippen LogP contribution < -0.4 is 5.32 Å². The molecule has 0 saturated carbocycles. The maximum absolute atomic E-state index is 13.0. The van der Waals surface area contributed by atoms with E-state index in [1.807, 2.05) is 0 Å². The lowest BCUT2D eigenvalue weighted by Crippen LogP contribution is -2.31. The van der Waals surface area contributed by atoms with Crippen LogP contribution >= 0.6 is 11.8 Å². The Bertz CT molecular complexity index is 454. The van der Waals surface area contributed by atoms with E-state index in [4.69, 9.17) is 0 Å². The number of thioether (sulfide) groups is 1. The molecule has 1 heterocycles. The van der Waals surface area contributed by atoms with Crippen LogP contribution in [0.2, 0.25) is 0 Å². The van der Waals surface area contributed by atoms with E-state index in [9.17, 15) is 8.78 Å². The van der Waals surface area contributed by atoms with Gasteiger partial charge in [0.05, 0.1) is 0 Å². The molecule has 5 heteroatoms. The quantitative estimate of drug-likeness (QED) is 0.918. The third-order valence-electron chi connectivity index (χ3n) is 3.09. The van der Waals surface area contributed by atoms with Crippen molar-refractivity contribution in [2.24, 2.45) is 10.9 Å². The molecular formula is C14H18F2N2S. The highest BCUT2D eigenvalue weighted by Crippen LogP contribution is 2.19. The predicted molar refractivity (Wildman–Crippen MR) is 76.6 cm³/mol. The fraction of sp³-hybridized carbons (Fsp3) is 0.500. The highest BCUT2D eigenvalue weighted by Gasteiger charge is 2.22. The van der Waals surface area contributed by atoms with E-state index >= 15 is 0 Å². The van der Waals surface area contributed by atoms with Crippen molar-refractivity contribution >= 4 is 16.9 Å². The van der Waals surface area contributed by atoms with E-state index in [2.05, 4.69) is 24.2 Å². The number of nitrogens with zero attached hydrogens (tertiary/aromatic N) is 1. The molecule has 0 amide bonds. The van der Waals surface area contributed by atoms with Gasteiger partial charge in [-0.05, 0) is 30.0 Å². The van der Waals surface area contributed by atoms with Gasteiger partial charge in [0.2, 0.25) is 0 Å². The van der Waals surface area contributed by atoms with Gasteiger partial charge in [-0.15, -0.1) is 0 Å². The summed E-state index contributed by atoms with van der Waals surface area (Å²) in [6.07, 6.45) is 0.548. The average molecular weight is 284 g/mol. The molecule has 1 saturated heterocycles. The number of rotatable bonds is 4. The van der Waals surface area contributed by atoms with E-state index in [0.29, 0.717) is 30.5 Å². The van der Waals surface area contributed by atoms with Crippen LogP contribution in [0.1, 0.15) is 19.4 Å². The normalized spacial score (nSPS) is 21.1. The zero-order valence-electron chi connectivity index (χ0n) is 11.1. The lowest BCUT2D eigenvalue weighted by molar-refractivity contribution is 0.503. The molecule has 1 fully saturated rings. The van der Waals surface area contributed by atoms with E-state index in [1.165, 1.54) is 12.1 Å². The molecule has 1 aliphatic rings. The Morgan fingerprint density at radius 3 is 2.58 bits per heavy atom. The van der Waals surface area contributed by atoms with Crippen molar-refractivity contribution in [2.75, 3.05) is 12.3 Å². The molecule has 104 valence electrons. The second-order valence-electron chi connectivity index (χ2n) is 5.02. The first-order chi connectivity index (χ1) is 9.04. The van der Waals surface area contributed by atoms with Crippen molar-refractivity contribution in [3.8, 4) is 0 Å². The van der Waals surface area contributed by atoms with Crippen LogP contribution in [-0.4, -0.2) is 23.5 Å². The van der Waals surface area contributed by atoms with E-state index in [-0.39, 0.29) is 0 Å². The zero-order chi connectivity index (χ0) is 13.8. The number of amidine groups is 1. The Balaban J connectivity index is 1.86. The lowest BCUT2D eigenvalue weighted by Gasteiger charge is -2.13. The lowest BCUT2D eigenvalue weighted by atomic mass is 10.1. The first kappa shape index (κ1) is 14.3. The minimum Gasteiger partial charge on any atom is -0.361 e. The number of aliphatic imine (C=N–C) groups is 1. The van der Waals surface area contributed by atoms with E-state index < -0.39 is 11.6 Å². The summed E-state index contributed by atoms with van der Waals surface area (Å²) >= 11 is 1.71. The van der Waals surface area contributed by atoms with Crippen LogP contribution in [0.4, 0.5) is 8.78 Å². The van der Waals surface area contributed by atoms with Gasteiger partial charge in [-0.1, -0.05) is 25.6 Å². The molecule has 2 nitrogen and oxygen atoms in total. The molecule has 1 atom stereocenters. The van der Waals surface area contributed by atoms with Gasteiger partial charge in [0, 0.05) is 24.4 Å². The molecule has 0 aromatic heterocycles. The SMILES string of the molecule is CC(C)C1CSC(=NCCc2cc(F)cc(F)c2)N1. The fourth-order valence-electron chi connectivity index (χ4n) is 1.90. The number of hydrogen-bond donors (Lipinski definition) is 1. The number of hydrogen-bond acceptors (Lipinski definition) is 2. The van der Waals surface area contributed by atoms with E-state index in [0.717, 1.165) is 17.0 Å². The van der Waals surface area contributed by atoms with Crippen LogP contribution in [0.15, 0.2) is 23.2 Å². The molecule has 1 aromatic carbocycles. The fourth-order valence-corrected chi connectivity index (χ4v) is 3.13. The Hall–Kier alpha value is -1.10. The van der Waals surface area contributed by atoms with Crippen molar-refractivity contribution in [3.05, 3.63) is 35.4 Å². The van der Waals surface area contributed by atoms with Gasteiger partial charge in [0.25, 0.3) is 0 Å². The largest absolute Gasteiger partial charge is 0.361 e. The van der Waals surface area contributed by atoms with Crippen molar-refractivity contribution in [1.29, 1.82) is 0 Å². The smallest absolute Gasteiger partial charge is 0.156 e. The summed E-state index contributed by atoms with van der Waals surface area (Å²) in [5, 5.41) is 4.30. The van der Waals surface area contributed by atoms with E-state index in [1.54, 1.807) is 11.8 Å². The summed E-state index contributed by atoms with van der Waals surface area (Å²) in [4.78, 5) is 4.43. The Morgan fingerprint density at radius 1 is 1.32 bits per heavy atom. The van der Waals surface area contributed by atoms with Crippen LogP contribution in [0.3, 0.4) is 0 Å². The molecule has 0 aliphatic carbocycles. The third-order valence-corrected chi connectivity index (χ3v) is 4.14. The second kappa shape index (κ2) is 6.37. The molecular weight excluding hydrogens is 266 g/mol. The predicted octanol–water partition coefficient (Wildman–Crippen LogP) is 3.22. The summed E-state index contributed by atoms with van der Waals surface area (Å²) in [5.74, 6) is 0.551. The van der Waals surface area contributed by atoms with Gasteiger partial charge in [0.1, 0.15) is 11.6 Å². The topological polar surface area (TPSA) is 24.4 Å². The maximum atomic E-state index is 13.0. The summed E-state index contributed by atoms with van der Waals surface area (Å²) < 4.78 is 26.0. The molecule has 1 aliphatic heterocycles. The first-order valence-electron chi connectivity index (χ1n) is 6.43. The molecule has 1 N–H and O–H groups in total. The number of halogens is 2. The monoisotopic (exact) mass is 284 g/mol. The average Bonchev–Trinajstić information content (AvgIpc) is 2.76. The summed E-state index contributed by atoms with van der Waals surface area (Å²) in [6.45, 7) is 4.90. The first-order valence-corrected chi connectivity index (χ1v) is 7.42. The number of nitrogens with one attached hydrogen (secondary N) is 1. The van der Waals surface area contributed by atoms with Crippen molar-refractivity contribution in [1.82, 2.24) is 5.32 Å². The second-order valence-corrected chi connectivity index (χ2v) is 6.03. The van der Waals surface area contributed by atoms with Gasteiger partial charge in [0.15, 0.2) is 5.17 Å². The summed E-state index contributed by atoms with van der Waals surface area (Å²) in [6, 6.07) is 4.07. The molecule has 0 radical (unpaired) electrons. The highest BCUT2D eigenvalue weighted by atomic mass is 32.2.